The van der Waals surface area contributed by atoms with E-state index in [4.69, 9.17) is 32.7 Å². The number of ether oxygens (including phenoxy) is 2. The van der Waals surface area contributed by atoms with Crippen LogP contribution in [0.2, 0.25) is 10.0 Å². The molecule has 6 nitrogen and oxygen atoms in total. The largest absolute Gasteiger partial charge is 0.456 e. The van der Waals surface area contributed by atoms with E-state index in [0.717, 1.165) is 6.92 Å². The molecule has 1 aliphatic rings. The molecule has 8 heteroatoms. The van der Waals surface area contributed by atoms with E-state index >= 15 is 0 Å². The Morgan fingerprint density at radius 2 is 1.78 bits per heavy atom. The van der Waals surface area contributed by atoms with Crippen LogP contribution in [0.15, 0.2) is 29.8 Å². The minimum Gasteiger partial charge on any atom is -0.456 e. The van der Waals surface area contributed by atoms with Crippen molar-refractivity contribution in [1.29, 1.82) is 0 Å². The van der Waals surface area contributed by atoms with Gasteiger partial charge in [0.05, 0.1) is 0 Å². The lowest BCUT2D eigenvalue weighted by Crippen LogP contribution is -2.33. The molecule has 0 saturated heterocycles. The van der Waals surface area contributed by atoms with Gasteiger partial charge in [-0.15, -0.1) is 0 Å². The molecular formula is C15H13Cl2NO5. The number of Topliss-reactive ketones (excluding diaryl/α,β-unsaturated/α-hetero) is 1. The maximum atomic E-state index is 12.7. The zero-order chi connectivity index (χ0) is 17.4. The third-order valence-corrected chi connectivity index (χ3v) is 3.76. The Morgan fingerprint density at radius 1 is 1.22 bits per heavy atom. The van der Waals surface area contributed by atoms with Gasteiger partial charge in [0.25, 0.3) is 5.78 Å². The summed E-state index contributed by atoms with van der Waals surface area (Å²) in [5.41, 5.74) is -1.41. The van der Waals surface area contributed by atoms with Gasteiger partial charge < -0.3 is 9.47 Å². The number of hydrogen-bond acceptors (Lipinski definition) is 5. The van der Waals surface area contributed by atoms with E-state index in [9.17, 15) is 14.4 Å². The second-order valence-electron chi connectivity index (χ2n) is 4.99. The summed E-state index contributed by atoms with van der Waals surface area (Å²) in [6.07, 6.45) is 0. The van der Waals surface area contributed by atoms with Crippen LogP contribution in [0.5, 0.6) is 0 Å². The van der Waals surface area contributed by atoms with E-state index in [1.165, 1.54) is 13.8 Å². The lowest BCUT2D eigenvalue weighted by atomic mass is 9.91. The van der Waals surface area contributed by atoms with Gasteiger partial charge >= 0.3 is 5.97 Å². The molecule has 1 aromatic rings. The number of esters is 1. The van der Waals surface area contributed by atoms with Crippen LogP contribution in [-0.2, 0) is 29.5 Å². The topological polar surface area (TPSA) is 81.7 Å². The molecule has 1 atom stereocenters. The van der Waals surface area contributed by atoms with Gasteiger partial charge in [0.15, 0.2) is 0 Å². The summed E-state index contributed by atoms with van der Waals surface area (Å²) in [5, 5.41) is 2.74. The van der Waals surface area contributed by atoms with Crippen LogP contribution in [0.3, 0.4) is 0 Å². The van der Waals surface area contributed by atoms with Crippen LogP contribution in [0.1, 0.15) is 26.3 Å². The molecule has 1 aliphatic heterocycles. The van der Waals surface area contributed by atoms with Crippen molar-refractivity contribution >= 4 is 40.9 Å². The predicted molar refractivity (Wildman–Crippen MR) is 82.5 cm³/mol. The Morgan fingerprint density at radius 3 is 2.26 bits per heavy atom. The third kappa shape index (κ3) is 3.18. The summed E-state index contributed by atoms with van der Waals surface area (Å²) in [7, 11) is 0. The van der Waals surface area contributed by atoms with Crippen LogP contribution < -0.4 is 5.32 Å². The highest BCUT2D eigenvalue weighted by Crippen LogP contribution is 2.44. The second-order valence-corrected chi connectivity index (χ2v) is 5.81. The number of halogens is 2. The zero-order valence-corrected chi connectivity index (χ0v) is 14.0. The fraction of sp³-hybridized carbons (Fsp3) is 0.267. The molecule has 1 aromatic carbocycles. The van der Waals surface area contributed by atoms with Gasteiger partial charge in [0.2, 0.25) is 23.2 Å². The summed E-state index contributed by atoms with van der Waals surface area (Å²) >= 11 is 12.3. The minimum atomic E-state index is -1.63. The molecule has 0 aromatic heterocycles. The zero-order valence-electron chi connectivity index (χ0n) is 12.5. The van der Waals surface area contributed by atoms with Gasteiger partial charge in [0.1, 0.15) is 0 Å². The summed E-state index contributed by atoms with van der Waals surface area (Å²) in [5.74, 6) is -2.55. The smallest absolute Gasteiger partial charge is 0.308 e. The highest BCUT2D eigenvalue weighted by atomic mass is 35.5. The van der Waals surface area contributed by atoms with Crippen molar-refractivity contribution in [2.24, 2.45) is 0 Å². The first-order valence-corrected chi connectivity index (χ1v) is 7.31. The van der Waals surface area contributed by atoms with E-state index in [1.807, 2.05) is 0 Å². The molecule has 23 heavy (non-hydrogen) atoms. The molecule has 1 N–H and O–H groups in total. The van der Waals surface area contributed by atoms with Crippen molar-refractivity contribution in [2.75, 3.05) is 0 Å². The summed E-state index contributed by atoms with van der Waals surface area (Å²) in [6.45, 7) is 3.79. The maximum Gasteiger partial charge on any atom is 0.308 e. The molecule has 0 aliphatic carbocycles. The van der Waals surface area contributed by atoms with Crippen LogP contribution in [0, 0.1) is 0 Å². The van der Waals surface area contributed by atoms with Crippen LogP contribution in [0.25, 0.3) is 0 Å². The highest BCUT2D eigenvalue weighted by Gasteiger charge is 2.51. The Kier molecular flexibility index (Phi) is 4.68. The summed E-state index contributed by atoms with van der Waals surface area (Å²) < 4.78 is 10.5. The van der Waals surface area contributed by atoms with Crippen molar-refractivity contribution in [1.82, 2.24) is 5.32 Å². The average molecular weight is 358 g/mol. The Bertz CT molecular complexity index is 723. The normalized spacial score (nSPS) is 20.3. The second kappa shape index (κ2) is 6.22. The molecule has 0 bridgehead atoms. The number of nitrogens with one attached hydrogen (secondary N) is 1. The number of rotatable bonds is 3. The predicted octanol–water partition coefficient (Wildman–Crippen LogP) is 2.68. The standard InChI is InChI=1S/C15H13Cl2NO5/c1-7(19)18-14-12(22-8(2)20)13(21)15(3,23-14)11-9(16)5-4-6-10(11)17/h4-6H,1-3H3,(H,18,19). The van der Waals surface area contributed by atoms with E-state index in [0.29, 0.717) is 0 Å². The van der Waals surface area contributed by atoms with Crippen molar-refractivity contribution < 1.29 is 23.9 Å². The molecular weight excluding hydrogens is 345 g/mol. The lowest BCUT2D eigenvalue weighted by molar-refractivity contribution is -0.142. The molecule has 122 valence electrons. The fourth-order valence-electron chi connectivity index (χ4n) is 2.21. The molecule has 1 unspecified atom stereocenters. The minimum absolute atomic E-state index is 0.208. The Hall–Kier alpha value is -2.05. The van der Waals surface area contributed by atoms with Crippen molar-refractivity contribution in [3.05, 3.63) is 45.5 Å². The fourth-order valence-corrected chi connectivity index (χ4v) is 2.97. The number of amides is 1. The first kappa shape index (κ1) is 17.3. The summed E-state index contributed by atoms with van der Waals surface area (Å²) in [6, 6.07) is 4.71. The van der Waals surface area contributed by atoms with Gasteiger partial charge in [-0.25, -0.2) is 0 Å². The number of benzene rings is 1. The quantitative estimate of drug-likeness (QED) is 0.841. The average Bonchev–Trinajstić information content (AvgIpc) is 2.62. The van der Waals surface area contributed by atoms with E-state index in [1.54, 1.807) is 18.2 Å². The SMILES string of the molecule is CC(=O)NC1=C(OC(C)=O)C(=O)C(C)(c2c(Cl)cccc2Cl)O1. The monoisotopic (exact) mass is 357 g/mol. The molecule has 1 amide bonds. The van der Waals surface area contributed by atoms with Gasteiger partial charge in [-0.1, -0.05) is 29.3 Å². The Balaban J connectivity index is 2.54. The van der Waals surface area contributed by atoms with E-state index in [-0.39, 0.29) is 21.5 Å². The van der Waals surface area contributed by atoms with Crippen molar-refractivity contribution in [3.63, 3.8) is 0 Å². The van der Waals surface area contributed by atoms with E-state index < -0.39 is 29.0 Å². The van der Waals surface area contributed by atoms with Gasteiger partial charge in [-0.05, 0) is 19.1 Å². The third-order valence-electron chi connectivity index (χ3n) is 3.13. The number of carbonyl (C=O) groups is 3. The van der Waals surface area contributed by atoms with Gasteiger partial charge in [-0.2, -0.15) is 0 Å². The number of ketones is 1. The van der Waals surface area contributed by atoms with Crippen LogP contribution in [-0.4, -0.2) is 17.7 Å². The van der Waals surface area contributed by atoms with E-state index in [2.05, 4.69) is 5.32 Å². The van der Waals surface area contributed by atoms with Gasteiger partial charge in [0, 0.05) is 29.5 Å². The van der Waals surface area contributed by atoms with Crippen molar-refractivity contribution in [2.45, 2.75) is 26.4 Å². The van der Waals surface area contributed by atoms with Crippen LogP contribution >= 0.6 is 23.2 Å². The van der Waals surface area contributed by atoms with Crippen molar-refractivity contribution in [3.8, 4) is 0 Å². The van der Waals surface area contributed by atoms with Crippen LogP contribution in [0.4, 0.5) is 0 Å². The molecule has 0 fully saturated rings. The molecule has 1 heterocycles. The van der Waals surface area contributed by atoms with Gasteiger partial charge in [-0.3, -0.25) is 19.7 Å². The highest BCUT2D eigenvalue weighted by molar-refractivity contribution is 6.36. The Labute approximate surface area is 142 Å². The lowest BCUT2D eigenvalue weighted by Gasteiger charge is -2.25. The summed E-state index contributed by atoms with van der Waals surface area (Å²) in [4.78, 5) is 35.2. The molecule has 0 saturated carbocycles. The molecule has 0 spiro atoms. The first-order valence-electron chi connectivity index (χ1n) is 6.55. The first-order chi connectivity index (χ1) is 10.7. The number of carbonyl (C=O) groups excluding carboxylic acids is 3. The maximum absolute atomic E-state index is 12.7. The number of hydrogen-bond donors (Lipinski definition) is 1. The molecule has 2 rings (SSSR count). The molecule has 0 radical (unpaired) electrons.